The maximum Gasteiger partial charge on any atom is 0.341 e. The second-order valence-corrected chi connectivity index (χ2v) is 7.60. The van der Waals surface area contributed by atoms with Crippen LogP contribution < -0.4 is 15.0 Å². The van der Waals surface area contributed by atoms with E-state index in [-0.39, 0.29) is 17.7 Å². The van der Waals surface area contributed by atoms with Crippen molar-refractivity contribution in [3.05, 3.63) is 48.2 Å². The van der Waals surface area contributed by atoms with Gasteiger partial charge < -0.3 is 20.1 Å². The molecule has 0 aromatic carbocycles. The van der Waals surface area contributed by atoms with E-state index in [0.717, 1.165) is 18.2 Å². The van der Waals surface area contributed by atoms with Gasteiger partial charge >= 0.3 is 12.0 Å². The molecule has 3 atom stereocenters. The molecule has 2 aromatic rings. The third kappa shape index (κ3) is 5.14. The van der Waals surface area contributed by atoms with Gasteiger partial charge in [-0.05, 0) is 41.9 Å². The first-order chi connectivity index (χ1) is 15.0. The quantitative estimate of drug-likeness (QED) is 0.577. The Morgan fingerprint density at radius 2 is 2.13 bits per heavy atom. The third-order valence-corrected chi connectivity index (χ3v) is 5.59. The van der Waals surface area contributed by atoms with Crippen LogP contribution >= 0.6 is 0 Å². The van der Waals surface area contributed by atoms with Crippen LogP contribution in [0.25, 0.3) is 6.08 Å². The molecule has 31 heavy (non-hydrogen) atoms. The van der Waals surface area contributed by atoms with Crippen molar-refractivity contribution in [3.63, 3.8) is 0 Å². The van der Waals surface area contributed by atoms with E-state index >= 15 is 0 Å². The van der Waals surface area contributed by atoms with Crippen LogP contribution in [0.3, 0.4) is 0 Å². The molecule has 1 aliphatic carbocycles. The maximum atomic E-state index is 14.1. The van der Waals surface area contributed by atoms with Gasteiger partial charge in [0.05, 0.1) is 6.20 Å². The van der Waals surface area contributed by atoms with E-state index in [4.69, 9.17) is 9.84 Å². The number of carboxylic acids is 1. The lowest BCUT2D eigenvalue weighted by Gasteiger charge is -2.21. The van der Waals surface area contributed by atoms with Gasteiger partial charge in [-0.15, -0.1) is 0 Å². The first-order valence-electron chi connectivity index (χ1n) is 9.99. The fraction of sp³-hybridized carbons (Fsp3) is 0.381. The Labute approximate surface area is 178 Å². The maximum absolute atomic E-state index is 14.1. The Balaban J connectivity index is 1.21. The summed E-state index contributed by atoms with van der Waals surface area (Å²) < 4.78 is 19.1. The topological polar surface area (TPSA) is 118 Å². The third-order valence-electron chi connectivity index (χ3n) is 5.59. The van der Waals surface area contributed by atoms with Gasteiger partial charge in [0.1, 0.15) is 0 Å². The van der Waals surface area contributed by atoms with Crippen molar-refractivity contribution < 1.29 is 23.8 Å². The fourth-order valence-electron chi connectivity index (χ4n) is 4.08. The molecule has 10 heteroatoms. The lowest BCUT2D eigenvalue weighted by Crippen LogP contribution is -2.28. The summed E-state index contributed by atoms with van der Waals surface area (Å²) in [4.78, 5) is 36.1. The minimum absolute atomic E-state index is 0.134. The van der Waals surface area contributed by atoms with Gasteiger partial charge in [-0.1, -0.05) is 6.07 Å². The van der Waals surface area contributed by atoms with Crippen molar-refractivity contribution >= 4 is 23.8 Å². The van der Waals surface area contributed by atoms with E-state index in [1.165, 1.54) is 6.08 Å². The number of carboxylic acid groups (broad SMARTS) is 1. The van der Waals surface area contributed by atoms with Crippen molar-refractivity contribution in [2.45, 2.75) is 6.42 Å². The second kappa shape index (κ2) is 9.07. The molecule has 2 N–H and O–H groups in total. The number of nitrogens with zero attached hydrogens (tertiary/aromatic N) is 4. The summed E-state index contributed by atoms with van der Waals surface area (Å²) in [5, 5.41) is 11.6. The summed E-state index contributed by atoms with van der Waals surface area (Å²) in [5.41, 5.74) is 0.864. The number of ether oxygens (including phenoxy) is 1. The molecular formula is C21H22FN5O4. The van der Waals surface area contributed by atoms with E-state index in [1.54, 1.807) is 18.5 Å². The minimum Gasteiger partial charge on any atom is -0.479 e. The van der Waals surface area contributed by atoms with Gasteiger partial charge in [0.15, 0.2) is 18.2 Å². The summed E-state index contributed by atoms with van der Waals surface area (Å²) in [5.74, 6) is -0.372. The van der Waals surface area contributed by atoms with Crippen LogP contribution in [0.1, 0.15) is 12.0 Å². The summed E-state index contributed by atoms with van der Waals surface area (Å²) in [6.07, 6.45) is 8.44. The standard InChI is InChI=1S/C21H22FN5O4/c22-17-9-25-21(31-12-19(29)30)26-20(17)27-10-15-14(16(15)11-27)5-7-24-18(28)4-3-13-2-1-6-23-8-13/h1-4,6,8-9,14-16H,5,7,10-12H2,(H,24,28)(H,29,30)/b4-3+/t14?,15-,16+. The average Bonchev–Trinajstić information content (AvgIpc) is 3.21. The molecule has 9 nitrogen and oxygen atoms in total. The lowest BCUT2D eigenvalue weighted by atomic mass is 10.2. The Bertz CT molecular complexity index is 975. The molecule has 2 aliphatic rings. The average molecular weight is 427 g/mol. The first kappa shape index (κ1) is 20.7. The molecule has 0 spiro atoms. The number of piperidine rings is 1. The van der Waals surface area contributed by atoms with Gasteiger partial charge in [-0.25, -0.2) is 14.2 Å². The summed E-state index contributed by atoms with van der Waals surface area (Å²) >= 11 is 0. The van der Waals surface area contributed by atoms with Gasteiger partial charge in [-0.2, -0.15) is 4.98 Å². The van der Waals surface area contributed by atoms with E-state index in [1.807, 2.05) is 17.0 Å². The molecular weight excluding hydrogens is 405 g/mol. The largest absolute Gasteiger partial charge is 0.479 e. The molecule has 1 aliphatic heterocycles. The van der Waals surface area contributed by atoms with E-state index < -0.39 is 18.4 Å². The minimum atomic E-state index is -1.15. The number of hydrogen-bond acceptors (Lipinski definition) is 7. The fourth-order valence-corrected chi connectivity index (χ4v) is 4.08. The van der Waals surface area contributed by atoms with Crippen molar-refractivity contribution in [2.75, 3.05) is 31.1 Å². The molecule has 2 fully saturated rings. The molecule has 0 bridgehead atoms. The number of fused-ring (bicyclic) bond motifs is 1. The van der Waals surface area contributed by atoms with Gasteiger partial charge in [0, 0.05) is 38.1 Å². The zero-order valence-electron chi connectivity index (χ0n) is 16.6. The molecule has 1 unspecified atom stereocenters. The highest BCUT2D eigenvalue weighted by molar-refractivity contribution is 5.91. The summed E-state index contributed by atoms with van der Waals surface area (Å²) in [7, 11) is 0. The van der Waals surface area contributed by atoms with Crippen molar-refractivity contribution in [3.8, 4) is 6.01 Å². The molecule has 1 amide bonds. The van der Waals surface area contributed by atoms with E-state index in [0.29, 0.717) is 37.4 Å². The van der Waals surface area contributed by atoms with Gasteiger partial charge in [0.25, 0.3) is 0 Å². The van der Waals surface area contributed by atoms with Crippen LogP contribution in [-0.2, 0) is 9.59 Å². The van der Waals surface area contributed by atoms with E-state index in [9.17, 15) is 14.0 Å². The number of hydrogen-bond donors (Lipinski definition) is 2. The molecule has 4 rings (SSSR count). The van der Waals surface area contributed by atoms with Crippen LogP contribution in [0.5, 0.6) is 6.01 Å². The van der Waals surface area contributed by atoms with Crippen LogP contribution in [0.15, 0.2) is 36.8 Å². The number of nitrogens with one attached hydrogen (secondary N) is 1. The second-order valence-electron chi connectivity index (χ2n) is 7.60. The zero-order valence-corrected chi connectivity index (χ0v) is 16.6. The molecule has 1 saturated heterocycles. The molecule has 0 radical (unpaired) electrons. The van der Waals surface area contributed by atoms with Crippen LogP contribution in [0.4, 0.5) is 10.2 Å². The van der Waals surface area contributed by atoms with Gasteiger partial charge in [0.2, 0.25) is 5.91 Å². The predicted octanol–water partition coefficient (Wildman–Crippen LogP) is 1.38. The number of pyridine rings is 1. The molecule has 3 heterocycles. The highest BCUT2D eigenvalue weighted by Gasteiger charge is 2.55. The molecule has 1 saturated carbocycles. The summed E-state index contributed by atoms with van der Waals surface area (Å²) in [6, 6.07) is 3.53. The Kier molecular flexibility index (Phi) is 6.06. The van der Waals surface area contributed by atoms with Crippen molar-refractivity contribution in [2.24, 2.45) is 17.8 Å². The Morgan fingerprint density at radius 3 is 2.84 bits per heavy atom. The van der Waals surface area contributed by atoms with Gasteiger partial charge in [-0.3, -0.25) is 9.78 Å². The highest BCUT2D eigenvalue weighted by Crippen LogP contribution is 2.54. The zero-order chi connectivity index (χ0) is 21.8. The number of carbonyl (C=O) groups is 2. The Morgan fingerprint density at radius 1 is 1.32 bits per heavy atom. The number of amides is 1. The number of aliphatic carboxylic acids is 1. The smallest absolute Gasteiger partial charge is 0.341 e. The number of carbonyl (C=O) groups excluding carboxylic acids is 1. The number of aromatic nitrogens is 3. The van der Waals surface area contributed by atoms with E-state index in [2.05, 4.69) is 20.3 Å². The number of halogens is 1. The SMILES string of the molecule is O=C(O)COc1ncc(F)c(N2C[C@@H]3C(CCNC(=O)/C=C/c4cccnc4)[C@@H]3C2)n1. The van der Waals surface area contributed by atoms with Crippen molar-refractivity contribution in [1.29, 1.82) is 0 Å². The molecule has 162 valence electrons. The molecule has 2 aromatic heterocycles. The monoisotopic (exact) mass is 427 g/mol. The summed E-state index contributed by atoms with van der Waals surface area (Å²) in [6.45, 7) is 1.33. The first-order valence-corrected chi connectivity index (χ1v) is 9.99. The van der Waals surface area contributed by atoms with Crippen LogP contribution in [0.2, 0.25) is 0 Å². The predicted molar refractivity (Wildman–Crippen MR) is 109 cm³/mol. The van der Waals surface area contributed by atoms with Crippen LogP contribution in [0, 0.1) is 23.6 Å². The Hall–Kier alpha value is -3.56. The lowest BCUT2D eigenvalue weighted by molar-refractivity contribution is -0.139. The number of anilines is 1. The normalized spacial score (nSPS) is 21.7. The van der Waals surface area contributed by atoms with Crippen molar-refractivity contribution in [1.82, 2.24) is 20.3 Å². The highest BCUT2D eigenvalue weighted by atomic mass is 19.1. The number of rotatable bonds is 9. The van der Waals surface area contributed by atoms with Crippen LogP contribution in [-0.4, -0.2) is 58.2 Å².